The topological polar surface area (TPSA) is 81.4 Å². The van der Waals surface area contributed by atoms with Crippen LogP contribution in [0, 0.1) is 5.92 Å². The van der Waals surface area contributed by atoms with Crippen molar-refractivity contribution in [3.63, 3.8) is 0 Å². The van der Waals surface area contributed by atoms with Crippen LogP contribution in [0.4, 0.5) is 10.7 Å². The van der Waals surface area contributed by atoms with Gasteiger partial charge in [0.1, 0.15) is 10.6 Å². The largest absolute Gasteiger partial charge is 0.465 e. The molecule has 0 saturated carbocycles. The molecule has 1 aromatic rings. The molecule has 0 fully saturated rings. The predicted octanol–water partition coefficient (Wildman–Crippen LogP) is 3.17. The lowest BCUT2D eigenvalue weighted by molar-refractivity contribution is 0.0603. The number of anilines is 2. The van der Waals surface area contributed by atoms with E-state index in [1.807, 2.05) is 0 Å². The van der Waals surface area contributed by atoms with Gasteiger partial charge < -0.3 is 15.8 Å². The SMILES string of the molecule is CCC(Nc1sc(C(C)=O)c(N)c1C(=O)OC)C(C)C. The van der Waals surface area contributed by atoms with E-state index in [9.17, 15) is 9.59 Å². The molecule has 0 aliphatic rings. The zero-order chi connectivity index (χ0) is 15.4. The summed E-state index contributed by atoms with van der Waals surface area (Å²) in [5, 5.41) is 3.92. The van der Waals surface area contributed by atoms with Crippen LogP contribution in [-0.2, 0) is 4.74 Å². The monoisotopic (exact) mass is 298 g/mol. The molecular formula is C14H22N2O3S. The maximum absolute atomic E-state index is 11.9. The Balaban J connectivity index is 3.26. The highest BCUT2D eigenvalue weighted by Gasteiger charge is 2.26. The van der Waals surface area contributed by atoms with Crippen molar-refractivity contribution in [1.82, 2.24) is 0 Å². The zero-order valence-corrected chi connectivity index (χ0v) is 13.4. The Kier molecular flexibility index (Phi) is 5.56. The Morgan fingerprint density at radius 2 is 2.00 bits per heavy atom. The molecule has 1 rings (SSSR count). The number of hydrogen-bond acceptors (Lipinski definition) is 6. The molecule has 6 heteroatoms. The second-order valence-corrected chi connectivity index (χ2v) is 6.02. The Labute approximate surface area is 123 Å². The third kappa shape index (κ3) is 3.30. The summed E-state index contributed by atoms with van der Waals surface area (Å²) >= 11 is 1.21. The van der Waals surface area contributed by atoms with E-state index in [4.69, 9.17) is 10.5 Å². The number of nitrogen functional groups attached to an aromatic ring is 1. The van der Waals surface area contributed by atoms with Crippen molar-refractivity contribution in [2.45, 2.75) is 40.2 Å². The zero-order valence-electron chi connectivity index (χ0n) is 12.6. The Morgan fingerprint density at radius 1 is 1.40 bits per heavy atom. The highest BCUT2D eigenvalue weighted by atomic mass is 32.1. The van der Waals surface area contributed by atoms with Gasteiger partial charge in [-0.05, 0) is 12.3 Å². The van der Waals surface area contributed by atoms with Crippen LogP contribution in [0.2, 0.25) is 0 Å². The maximum Gasteiger partial charge on any atom is 0.343 e. The molecule has 1 unspecified atom stereocenters. The number of thiophene rings is 1. The first-order chi connectivity index (χ1) is 9.33. The van der Waals surface area contributed by atoms with Crippen LogP contribution in [0.3, 0.4) is 0 Å². The van der Waals surface area contributed by atoms with Gasteiger partial charge in [0.05, 0.1) is 17.7 Å². The number of esters is 1. The number of carbonyl (C=O) groups is 2. The summed E-state index contributed by atoms with van der Waals surface area (Å²) < 4.78 is 4.76. The van der Waals surface area contributed by atoms with Crippen LogP contribution >= 0.6 is 11.3 Å². The van der Waals surface area contributed by atoms with Gasteiger partial charge in [-0.25, -0.2) is 4.79 Å². The molecule has 0 amide bonds. The lowest BCUT2D eigenvalue weighted by Crippen LogP contribution is -2.25. The number of nitrogens with one attached hydrogen (secondary N) is 1. The maximum atomic E-state index is 11.9. The van der Waals surface area contributed by atoms with Crippen molar-refractivity contribution in [2.24, 2.45) is 5.92 Å². The number of carbonyl (C=O) groups excluding carboxylic acids is 2. The summed E-state index contributed by atoms with van der Waals surface area (Å²) in [5.74, 6) is -0.273. The molecule has 0 aromatic carbocycles. The van der Waals surface area contributed by atoms with Gasteiger partial charge in [0.25, 0.3) is 0 Å². The molecule has 1 heterocycles. The summed E-state index contributed by atoms with van der Waals surface area (Å²) in [5.41, 5.74) is 6.39. The standard InChI is InChI=1S/C14H22N2O3S/c1-6-9(7(2)3)16-13-10(14(18)19-5)11(15)12(20-13)8(4)17/h7,9,16H,6,15H2,1-5H3. The van der Waals surface area contributed by atoms with Gasteiger partial charge >= 0.3 is 5.97 Å². The van der Waals surface area contributed by atoms with Crippen LogP contribution in [-0.4, -0.2) is 24.9 Å². The molecule has 0 aliphatic heterocycles. The fourth-order valence-electron chi connectivity index (χ4n) is 2.02. The van der Waals surface area contributed by atoms with E-state index in [0.717, 1.165) is 6.42 Å². The van der Waals surface area contributed by atoms with E-state index in [-0.39, 0.29) is 23.1 Å². The van der Waals surface area contributed by atoms with E-state index in [0.29, 0.717) is 15.8 Å². The third-order valence-corrected chi connectivity index (χ3v) is 4.45. The second kappa shape index (κ2) is 6.74. The van der Waals surface area contributed by atoms with Gasteiger partial charge in [0.15, 0.2) is 5.78 Å². The van der Waals surface area contributed by atoms with Crippen molar-refractivity contribution in [3.05, 3.63) is 10.4 Å². The van der Waals surface area contributed by atoms with E-state index in [1.54, 1.807) is 0 Å². The lowest BCUT2D eigenvalue weighted by atomic mass is 10.0. The second-order valence-electron chi connectivity index (χ2n) is 5.00. The molecule has 112 valence electrons. The van der Waals surface area contributed by atoms with Gasteiger partial charge in [0.2, 0.25) is 0 Å². The summed E-state index contributed by atoms with van der Waals surface area (Å²) in [4.78, 5) is 23.9. The number of ether oxygens (including phenoxy) is 1. The normalized spacial score (nSPS) is 12.3. The highest BCUT2D eigenvalue weighted by Crippen LogP contribution is 2.37. The molecular weight excluding hydrogens is 276 g/mol. The van der Waals surface area contributed by atoms with Crippen molar-refractivity contribution in [1.29, 1.82) is 0 Å². The molecule has 0 spiro atoms. The van der Waals surface area contributed by atoms with E-state index < -0.39 is 5.97 Å². The average molecular weight is 298 g/mol. The first-order valence-corrected chi connectivity index (χ1v) is 7.43. The molecule has 20 heavy (non-hydrogen) atoms. The smallest absolute Gasteiger partial charge is 0.343 e. The number of rotatable bonds is 6. The van der Waals surface area contributed by atoms with Crippen LogP contribution in [0.1, 0.15) is 54.1 Å². The highest BCUT2D eigenvalue weighted by molar-refractivity contribution is 7.19. The van der Waals surface area contributed by atoms with Gasteiger partial charge in [-0.3, -0.25) is 4.79 Å². The Bertz CT molecular complexity index is 509. The Morgan fingerprint density at radius 3 is 2.40 bits per heavy atom. The van der Waals surface area contributed by atoms with Crippen molar-refractivity contribution >= 4 is 33.8 Å². The van der Waals surface area contributed by atoms with Crippen molar-refractivity contribution < 1.29 is 14.3 Å². The van der Waals surface area contributed by atoms with E-state index >= 15 is 0 Å². The fourth-order valence-corrected chi connectivity index (χ4v) is 3.09. The first kappa shape index (κ1) is 16.5. The Hall–Kier alpha value is -1.56. The van der Waals surface area contributed by atoms with Gasteiger partial charge in [0, 0.05) is 13.0 Å². The average Bonchev–Trinajstić information content (AvgIpc) is 2.71. The molecule has 1 atom stereocenters. The minimum absolute atomic E-state index is 0.150. The molecule has 0 radical (unpaired) electrons. The summed E-state index contributed by atoms with van der Waals surface area (Å²) in [6, 6.07) is 0.205. The lowest BCUT2D eigenvalue weighted by Gasteiger charge is -2.21. The number of nitrogens with two attached hydrogens (primary N) is 1. The number of ketones is 1. The minimum atomic E-state index is -0.521. The van der Waals surface area contributed by atoms with Crippen molar-refractivity contribution in [2.75, 3.05) is 18.2 Å². The van der Waals surface area contributed by atoms with Crippen LogP contribution in [0.15, 0.2) is 0 Å². The molecule has 5 nitrogen and oxygen atoms in total. The quantitative estimate of drug-likeness (QED) is 0.622. The summed E-state index contributed by atoms with van der Waals surface area (Å²) in [7, 11) is 1.30. The van der Waals surface area contributed by atoms with Crippen LogP contribution in [0.5, 0.6) is 0 Å². The number of hydrogen-bond donors (Lipinski definition) is 2. The molecule has 0 aliphatic carbocycles. The van der Waals surface area contributed by atoms with E-state index in [1.165, 1.54) is 25.4 Å². The number of methoxy groups -OCH3 is 1. The number of Topliss-reactive ketones (excluding diaryl/α,β-unsaturated/α-hetero) is 1. The van der Waals surface area contributed by atoms with E-state index in [2.05, 4.69) is 26.1 Å². The molecule has 1 aromatic heterocycles. The molecule has 3 N–H and O–H groups in total. The minimum Gasteiger partial charge on any atom is -0.465 e. The van der Waals surface area contributed by atoms with Gasteiger partial charge in [-0.1, -0.05) is 20.8 Å². The predicted molar refractivity (Wildman–Crippen MR) is 82.6 cm³/mol. The van der Waals surface area contributed by atoms with Crippen LogP contribution < -0.4 is 11.1 Å². The summed E-state index contributed by atoms with van der Waals surface area (Å²) in [6.45, 7) is 7.70. The summed E-state index contributed by atoms with van der Waals surface area (Å²) in [6.07, 6.45) is 0.908. The van der Waals surface area contributed by atoms with Crippen LogP contribution in [0.25, 0.3) is 0 Å². The van der Waals surface area contributed by atoms with Crippen molar-refractivity contribution in [3.8, 4) is 0 Å². The third-order valence-electron chi connectivity index (χ3n) is 3.22. The fraction of sp³-hybridized carbons (Fsp3) is 0.571. The molecule has 0 saturated heterocycles. The van der Waals surface area contributed by atoms with Gasteiger partial charge in [-0.15, -0.1) is 11.3 Å². The molecule has 0 bridgehead atoms. The van der Waals surface area contributed by atoms with Gasteiger partial charge in [-0.2, -0.15) is 0 Å². The first-order valence-electron chi connectivity index (χ1n) is 6.61.